The molecule has 10 heteroatoms. The molecule has 4 rings (SSSR count). The number of halogens is 4. The Kier molecular flexibility index (Phi) is 5.79. The smallest absolute Gasteiger partial charge is 0.309 e. The fourth-order valence-corrected chi connectivity index (χ4v) is 3.62. The van der Waals surface area contributed by atoms with E-state index in [0.29, 0.717) is 23.1 Å². The molecule has 2 heterocycles. The second-order valence-corrected chi connectivity index (χ2v) is 8.14. The number of alkyl halides is 3. The third kappa shape index (κ3) is 5.28. The fourth-order valence-electron chi connectivity index (χ4n) is 3.41. The van der Waals surface area contributed by atoms with Gasteiger partial charge in [-0.15, -0.1) is 0 Å². The molecule has 1 amide bonds. The molecule has 0 bridgehead atoms. The van der Waals surface area contributed by atoms with Crippen LogP contribution in [-0.2, 0) is 24.1 Å². The fraction of sp³-hybridized carbons (Fsp3) is 0.381. The molecule has 6 nitrogen and oxygen atoms in total. The van der Waals surface area contributed by atoms with Crippen LogP contribution in [0.4, 0.5) is 19.0 Å². The SMILES string of the molecule is Cc1cc(NC(=O)CCn2nc(C(F)(F)F)cc2C2CC2)nn1Cc1cccc(Cl)c1. The first-order chi connectivity index (χ1) is 14.7. The summed E-state index contributed by atoms with van der Waals surface area (Å²) < 4.78 is 42.0. The topological polar surface area (TPSA) is 64.7 Å². The lowest BCUT2D eigenvalue weighted by Gasteiger charge is -2.07. The summed E-state index contributed by atoms with van der Waals surface area (Å²) in [5.74, 6) is 0.151. The monoisotopic (exact) mass is 451 g/mol. The molecule has 1 fully saturated rings. The molecule has 0 spiro atoms. The summed E-state index contributed by atoms with van der Waals surface area (Å²) in [6, 6.07) is 10.3. The van der Waals surface area contributed by atoms with Crippen molar-refractivity contribution in [2.45, 2.75) is 51.4 Å². The average molecular weight is 452 g/mol. The maximum atomic E-state index is 13.0. The van der Waals surface area contributed by atoms with Gasteiger partial charge in [-0.25, -0.2) is 0 Å². The summed E-state index contributed by atoms with van der Waals surface area (Å²) in [4.78, 5) is 12.4. The van der Waals surface area contributed by atoms with Crippen LogP contribution in [-0.4, -0.2) is 25.5 Å². The Balaban J connectivity index is 1.38. The van der Waals surface area contributed by atoms with Gasteiger partial charge in [0.15, 0.2) is 11.5 Å². The molecule has 0 atom stereocenters. The van der Waals surface area contributed by atoms with Crippen LogP contribution in [0.3, 0.4) is 0 Å². The number of aryl methyl sites for hydroxylation is 2. The van der Waals surface area contributed by atoms with Gasteiger partial charge in [-0.2, -0.15) is 23.4 Å². The molecule has 0 radical (unpaired) electrons. The van der Waals surface area contributed by atoms with E-state index in [1.165, 1.54) is 4.68 Å². The molecular formula is C21H21ClF3N5O. The molecule has 1 aliphatic rings. The van der Waals surface area contributed by atoms with Crippen molar-refractivity contribution in [2.24, 2.45) is 0 Å². The number of hydrogen-bond donors (Lipinski definition) is 1. The molecule has 2 aromatic heterocycles. The normalized spacial score (nSPS) is 14.1. The van der Waals surface area contributed by atoms with Gasteiger partial charge in [0, 0.05) is 41.4 Å². The van der Waals surface area contributed by atoms with Gasteiger partial charge in [-0.05, 0) is 43.5 Å². The van der Waals surface area contributed by atoms with Gasteiger partial charge in [0.1, 0.15) is 0 Å². The van der Waals surface area contributed by atoms with Crippen molar-refractivity contribution in [2.75, 3.05) is 5.32 Å². The average Bonchev–Trinajstić information content (AvgIpc) is 3.34. The van der Waals surface area contributed by atoms with E-state index in [-0.39, 0.29) is 24.8 Å². The highest BCUT2D eigenvalue weighted by Gasteiger charge is 2.37. The molecule has 1 saturated carbocycles. The largest absolute Gasteiger partial charge is 0.435 e. The van der Waals surface area contributed by atoms with Crippen LogP contribution < -0.4 is 5.32 Å². The minimum absolute atomic E-state index is 0.00109. The third-order valence-corrected chi connectivity index (χ3v) is 5.35. The Hall–Kier alpha value is -2.81. The molecule has 0 unspecified atom stereocenters. The number of amides is 1. The highest BCUT2D eigenvalue weighted by molar-refractivity contribution is 6.30. The molecule has 1 N–H and O–H groups in total. The zero-order chi connectivity index (χ0) is 22.2. The molecule has 1 aliphatic carbocycles. The van der Waals surface area contributed by atoms with E-state index >= 15 is 0 Å². The molecule has 1 aromatic carbocycles. The van der Waals surface area contributed by atoms with Gasteiger partial charge in [0.2, 0.25) is 5.91 Å². The molecule has 164 valence electrons. The van der Waals surface area contributed by atoms with E-state index in [9.17, 15) is 18.0 Å². The van der Waals surface area contributed by atoms with Crippen LogP contribution in [0.2, 0.25) is 5.02 Å². The molecule has 0 aliphatic heterocycles. The summed E-state index contributed by atoms with van der Waals surface area (Å²) in [6.45, 7) is 2.45. The van der Waals surface area contributed by atoms with Gasteiger partial charge < -0.3 is 5.32 Å². The lowest BCUT2D eigenvalue weighted by atomic mass is 10.2. The van der Waals surface area contributed by atoms with Crippen LogP contribution in [0.25, 0.3) is 0 Å². The second kappa shape index (κ2) is 8.37. The number of anilines is 1. The zero-order valence-corrected chi connectivity index (χ0v) is 17.5. The van der Waals surface area contributed by atoms with Crippen LogP contribution >= 0.6 is 11.6 Å². The Bertz CT molecular complexity index is 1100. The van der Waals surface area contributed by atoms with Gasteiger partial charge in [0.05, 0.1) is 6.54 Å². The van der Waals surface area contributed by atoms with Crippen molar-refractivity contribution < 1.29 is 18.0 Å². The van der Waals surface area contributed by atoms with E-state index in [1.807, 2.05) is 25.1 Å². The van der Waals surface area contributed by atoms with Crippen molar-refractivity contribution >= 4 is 23.3 Å². The van der Waals surface area contributed by atoms with E-state index in [4.69, 9.17) is 11.6 Å². The van der Waals surface area contributed by atoms with Crippen LogP contribution in [0.15, 0.2) is 36.4 Å². The third-order valence-electron chi connectivity index (χ3n) is 5.12. The van der Waals surface area contributed by atoms with Gasteiger partial charge >= 0.3 is 6.18 Å². The zero-order valence-electron chi connectivity index (χ0n) is 16.8. The standard InChI is InChI=1S/C21H21ClF3N5O/c1-13-9-19(28-30(13)12-14-3-2-4-16(22)10-14)26-20(31)7-8-29-17(15-5-6-15)11-18(27-29)21(23,24)25/h2-4,9-11,15H,5-8,12H2,1H3,(H,26,28,31). The van der Waals surface area contributed by atoms with Gasteiger partial charge in [-0.3, -0.25) is 14.2 Å². The maximum absolute atomic E-state index is 13.0. The minimum Gasteiger partial charge on any atom is -0.309 e. The maximum Gasteiger partial charge on any atom is 0.435 e. The van der Waals surface area contributed by atoms with Crippen molar-refractivity contribution in [3.63, 3.8) is 0 Å². The minimum atomic E-state index is -4.50. The number of nitrogens with one attached hydrogen (secondary N) is 1. The van der Waals surface area contributed by atoms with Crippen molar-refractivity contribution in [3.8, 4) is 0 Å². The number of rotatable bonds is 7. The predicted octanol–water partition coefficient (Wildman–Crippen LogP) is 5.01. The van der Waals surface area contributed by atoms with E-state index < -0.39 is 11.9 Å². The molecule has 0 saturated heterocycles. The summed E-state index contributed by atoms with van der Waals surface area (Å²) in [7, 11) is 0. The number of carbonyl (C=O) groups is 1. The lowest BCUT2D eigenvalue weighted by Crippen LogP contribution is -2.17. The summed E-state index contributed by atoms with van der Waals surface area (Å²) in [6.07, 6.45) is -2.81. The van der Waals surface area contributed by atoms with E-state index in [1.54, 1.807) is 16.8 Å². The van der Waals surface area contributed by atoms with E-state index in [2.05, 4.69) is 15.5 Å². The first kappa shape index (κ1) is 21.4. The van der Waals surface area contributed by atoms with Gasteiger partial charge in [-0.1, -0.05) is 23.7 Å². The second-order valence-electron chi connectivity index (χ2n) is 7.71. The first-order valence-electron chi connectivity index (χ1n) is 9.93. The van der Waals surface area contributed by atoms with Crippen LogP contribution in [0.1, 0.15) is 47.8 Å². The van der Waals surface area contributed by atoms with Crippen molar-refractivity contribution in [1.29, 1.82) is 0 Å². The summed E-state index contributed by atoms with van der Waals surface area (Å²) >= 11 is 6.01. The number of carbonyl (C=O) groups excluding carboxylic acids is 1. The number of aromatic nitrogens is 4. The van der Waals surface area contributed by atoms with Crippen molar-refractivity contribution in [3.05, 3.63) is 64.1 Å². The van der Waals surface area contributed by atoms with E-state index in [0.717, 1.165) is 30.2 Å². The highest BCUT2D eigenvalue weighted by atomic mass is 35.5. The first-order valence-corrected chi connectivity index (χ1v) is 10.3. The number of benzene rings is 1. The Morgan fingerprint density at radius 2 is 1.97 bits per heavy atom. The number of nitrogens with zero attached hydrogens (tertiary/aromatic N) is 4. The van der Waals surface area contributed by atoms with Crippen LogP contribution in [0, 0.1) is 6.92 Å². The van der Waals surface area contributed by atoms with Crippen LogP contribution in [0.5, 0.6) is 0 Å². The molecule has 31 heavy (non-hydrogen) atoms. The quantitative estimate of drug-likeness (QED) is 0.549. The Morgan fingerprint density at radius 3 is 2.65 bits per heavy atom. The Morgan fingerprint density at radius 1 is 1.19 bits per heavy atom. The van der Waals surface area contributed by atoms with Crippen molar-refractivity contribution in [1.82, 2.24) is 19.6 Å². The predicted molar refractivity (Wildman–Crippen MR) is 110 cm³/mol. The molecule has 3 aromatic rings. The number of hydrogen-bond acceptors (Lipinski definition) is 3. The molecular weight excluding hydrogens is 431 g/mol. The summed E-state index contributed by atoms with van der Waals surface area (Å²) in [5.41, 5.74) is 1.46. The lowest BCUT2D eigenvalue weighted by molar-refractivity contribution is -0.141. The highest BCUT2D eigenvalue weighted by Crippen LogP contribution is 2.42. The summed E-state index contributed by atoms with van der Waals surface area (Å²) in [5, 5.41) is 11.4. The Labute approximate surface area is 182 Å². The van der Waals surface area contributed by atoms with Gasteiger partial charge in [0.25, 0.3) is 0 Å².